The van der Waals surface area contributed by atoms with Gasteiger partial charge in [0.15, 0.2) is 17.3 Å². The Morgan fingerprint density at radius 2 is 2.00 bits per heavy atom. The van der Waals surface area contributed by atoms with E-state index in [1.165, 1.54) is 20.0 Å². The van der Waals surface area contributed by atoms with Crippen LogP contribution < -0.4 is 19.7 Å². The third kappa shape index (κ3) is 6.09. The van der Waals surface area contributed by atoms with Gasteiger partial charge in [-0.25, -0.2) is 4.98 Å². The van der Waals surface area contributed by atoms with Crippen molar-refractivity contribution >= 4 is 23.5 Å². The van der Waals surface area contributed by atoms with Gasteiger partial charge in [-0.3, -0.25) is 14.6 Å². The van der Waals surface area contributed by atoms with Crippen molar-refractivity contribution in [3.8, 4) is 11.5 Å². The first kappa shape index (κ1) is 23.3. The molecule has 32 heavy (non-hydrogen) atoms. The lowest BCUT2D eigenvalue weighted by molar-refractivity contribution is -0.148. The highest BCUT2D eigenvalue weighted by Gasteiger charge is 2.30. The van der Waals surface area contributed by atoms with Gasteiger partial charge in [0, 0.05) is 13.0 Å². The third-order valence-electron chi connectivity index (χ3n) is 5.22. The summed E-state index contributed by atoms with van der Waals surface area (Å²) in [4.78, 5) is 34.3. The number of hydrogen-bond donors (Lipinski definition) is 2. The Labute approximate surface area is 187 Å². The molecule has 1 aliphatic heterocycles. The maximum absolute atomic E-state index is 12.3. The molecule has 1 fully saturated rings. The summed E-state index contributed by atoms with van der Waals surface area (Å²) in [5.74, 6) is 0.911. The number of benzene rings is 1. The van der Waals surface area contributed by atoms with Crippen LogP contribution in [-0.2, 0) is 9.59 Å². The predicted molar refractivity (Wildman–Crippen MR) is 120 cm³/mol. The number of anilines is 2. The molecule has 2 N–H and O–H groups in total. The van der Waals surface area contributed by atoms with Crippen LogP contribution >= 0.6 is 0 Å². The lowest BCUT2D eigenvalue weighted by Crippen LogP contribution is -2.41. The Hall–Kier alpha value is -3.36. The molecule has 0 saturated carbocycles. The molecule has 0 bridgehead atoms. The zero-order valence-electron chi connectivity index (χ0n) is 18.7. The monoisotopic (exact) mass is 442 g/mol. The maximum atomic E-state index is 12.3. The largest absolute Gasteiger partial charge is 0.490 e. The zero-order valence-corrected chi connectivity index (χ0v) is 18.7. The second-order valence-corrected chi connectivity index (χ2v) is 8.38. The first-order chi connectivity index (χ1) is 15.3. The number of nitrogens with zero attached hydrogens (tertiary/aromatic N) is 3. The van der Waals surface area contributed by atoms with Gasteiger partial charge in [-0.2, -0.15) is 0 Å². The number of carbonyl (C=O) groups is 2. The van der Waals surface area contributed by atoms with E-state index in [2.05, 4.69) is 20.2 Å². The predicted octanol–water partition coefficient (Wildman–Crippen LogP) is 3.36. The molecule has 1 saturated heterocycles. The molecule has 1 aliphatic rings. The molecule has 1 aromatic carbocycles. The van der Waals surface area contributed by atoms with Crippen LogP contribution in [0.25, 0.3) is 0 Å². The number of para-hydroxylation sites is 2. The topological polar surface area (TPSA) is 114 Å². The van der Waals surface area contributed by atoms with E-state index in [1.807, 2.05) is 31.2 Å². The van der Waals surface area contributed by atoms with Crippen LogP contribution in [0, 0.1) is 5.41 Å². The van der Waals surface area contributed by atoms with Crippen molar-refractivity contribution in [2.45, 2.75) is 46.1 Å². The number of rotatable bonds is 9. The molecular formula is C23H30N4O5. The van der Waals surface area contributed by atoms with Crippen molar-refractivity contribution in [1.29, 1.82) is 0 Å². The molecule has 0 spiro atoms. The van der Waals surface area contributed by atoms with Crippen LogP contribution in [0.2, 0.25) is 0 Å². The Kier molecular flexibility index (Phi) is 7.50. The van der Waals surface area contributed by atoms with Gasteiger partial charge in [0.25, 0.3) is 0 Å². The maximum Gasteiger partial charge on any atom is 0.309 e. The van der Waals surface area contributed by atoms with Gasteiger partial charge in [0.1, 0.15) is 11.9 Å². The minimum Gasteiger partial charge on any atom is -0.490 e. The fraction of sp³-hybridized carbons (Fsp3) is 0.478. The van der Waals surface area contributed by atoms with Crippen LogP contribution in [0.4, 0.5) is 11.6 Å². The molecule has 1 atom stereocenters. The minimum absolute atomic E-state index is 0.0400. The molecule has 1 unspecified atom stereocenters. The van der Waals surface area contributed by atoms with Crippen molar-refractivity contribution in [2.75, 3.05) is 29.9 Å². The number of amides is 1. The smallest absolute Gasteiger partial charge is 0.309 e. The van der Waals surface area contributed by atoms with Crippen molar-refractivity contribution < 1.29 is 24.2 Å². The molecule has 2 heterocycles. The molecule has 172 valence electrons. The first-order valence-electron chi connectivity index (χ1n) is 10.8. The van der Waals surface area contributed by atoms with Crippen LogP contribution in [0.5, 0.6) is 11.5 Å². The summed E-state index contributed by atoms with van der Waals surface area (Å²) >= 11 is 0. The molecule has 1 amide bonds. The summed E-state index contributed by atoms with van der Waals surface area (Å²) in [6, 6.07) is 7.63. The lowest BCUT2D eigenvalue weighted by atomic mass is 9.89. The molecule has 0 aliphatic carbocycles. The van der Waals surface area contributed by atoms with Crippen molar-refractivity contribution in [2.24, 2.45) is 5.41 Å². The van der Waals surface area contributed by atoms with Gasteiger partial charge in [-0.1, -0.05) is 12.1 Å². The van der Waals surface area contributed by atoms with Crippen molar-refractivity contribution in [1.82, 2.24) is 9.97 Å². The van der Waals surface area contributed by atoms with Crippen LogP contribution in [0.3, 0.4) is 0 Å². The molecule has 3 rings (SSSR count). The highest BCUT2D eigenvalue weighted by molar-refractivity contribution is 5.93. The van der Waals surface area contributed by atoms with E-state index in [1.54, 1.807) is 6.20 Å². The highest BCUT2D eigenvalue weighted by Crippen LogP contribution is 2.30. The molecule has 0 radical (unpaired) electrons. The fourth-order valence-electron chi connectivity index (χ4n) is 3.48. The van der Waals surface area contributed by atoms with Crippen LogP contribution in [0.15, 0.2) is 36.7 Å². The summed E-state index contributed by atoms with van der Waals surface area (Å²) in [6.45, 7) is 6.94. The number of aliphatic carboxylic acids is 1. The Bertz CT molecular complexity index is 949. The molecular weight excluding hydrogens is 412 g/mol. The number of piperidine rings is 1. The first-order valence-corrected chi connectivity index (χ1v) is 10.8. The Morgan fingerprint density at radius 3 is 2.72 bits per heavy atom. The summed E-state index contributed by atoms with van der Waals surface area (Å²) in [6.07, 6.45) is 4.73. The molecule has 2 aromatic rings. The number of carboxylic acid groups (broad SMARTS) is 1. The van der Waals surface area contributed by atoms with E-state index in [0.29, 0.717) is 30.5 Å². The number of hydrogen-bond acceptors (Lipinski definition) is 7. The molecule has 9 heteroatoms. The molecule has 9 nitrogen and oxygen atoms in total. The minimum atomic E-state index is -1.16. The number of ether oxygens (including phenoxy) is 2. The number of nitrogens with one attached hydrogen (secondary N) is 1. The second kappa shape index (κ2) is 10.3. The third-order valence-corrected chi connectivity index (χ3v) is 5.22. The standard InChI is InChI=1S/C23H30N4O5/c1-4-31-17-9-5-6-10-18(17)32-16-8-7-11-27(15-16)20-14-24-13-19(25-20)26-21(28)12-23(2,3)22(29)30/h5-6,9-10,13-14,16H,4,7-8,11-12,15H2,1-3H3,(H,29,30)(H,25,26,28). The number of carbonyl (C=O) groups excluding carboxylic acids is 1. The van der Waals surface area contributed by atoms with Gasteiger partial charge in [-0.15, -0.1) is 0 Å². The van der Waals surface area contributed by atoms with Crippen LogP contribution in [-0.4, -0.2) is 52.8 Å². The SMILES string of the molecule is CCOc1ccccc1OC1CCCN(c2cncc(NC(=O)CC(C)(C)C(=O)O)n2)C1. The van der Waals surface area contributed by atoms with E-state index >= 15 is 0 Å². The Balaban J connectivity index is 1.64. The Morgan fingerprint density at radius 1 is 1.25 bits per heavy atom. The number of carboxylic acids is 1. The highest BCUT2D eigenvalue weighted by atomic mass is 16.5. The van der Waals surface area contributed by atoms with E-state index < -0.39 is 17.3 Å². The van der Waals surface area contributed by atoms with Gasteiger partial charge in [-0.05, 0) is 45.7 Å². The number of aromatic nitrogens is 2. The van der Waals surface area contributed by atoms with Crippen LogP contribution in [0.1, 0.15) is 40.0 Å². The van der Waals surface area contributed by atoms with E-state index in [0.717, 1.165) is 25.1 Å². The summed E-state index contributed by atoms with van der Waals surface area (Å²) in [5, 5.41) is 11.9. The van der Waals surface area contributed by atoms with Crippen molar-refractivity contribution in [3.63, 3.8) is 0 Å². The van der Waals surface area contributed by atoms with Crippen molar-refractivity contribution in [3.05, 3.63) is 36.7 Å². The van der Waals surface area contributed by atoms with Gasteiger partial charge in [0.05, 0.1) is 31.0 Å². The second-order valence-electron chi connectivity index (χ2n) is 8.38. The van der Waals surface area contributed by atoms with Gasteiger partial charge < -0.3 is 24.8 Å². The van der Waals surface area contributed by atoms with Gasteiger partial charge in [0.2, 0.25) is 5.91 Å². The summed E-state index contributed by atoms with van der Waals surface area (Å²) < 4.78 is 11.9. The summed E-state index contributed by atoms with van der Waals surface area (Å²) in [7, 11) is 0. The fourth-order valence-corrected chi connectivity index (χ4v) is 3.48. The van der Waals surface area contributed by atoms with E-state index in [4.69, 9.17) is 9.47 Å². The summed E-state index contributed by atoms with van der Waals surface area (Å²) in [5.41, 5.74) is -1.16. The average Bonchev–Trinajstić information content (AvgIpc) is 2.75. The average molecular weight is 443 g/mol. The van der Waals surface area contributed by atoms with E-state index in [9.17, 15) is 14.7 Å². The van der Waals surface area contributed by atoms with E-state index in [-0.39, 0.29) is 12.5 Å². The normalized spacial score (nSPS) is 16.3. The van der Waals surface area contributed by atoms with Gasteiger partial charge >= 0.3 is 5.97 Å². The molecule has 1 aromatic heterocycles. The quantitative estimate of drug-likeness (QED) is 0.608. The lowest BCUT2D eigenvalue weighted by Gasteiger charge is -2.33. The zero-order chi connectivity index (χ0) is 23.1.